The smallest absolute Gasteiger partial charge is 0.355 e. The Morgan fingerprint density at radius 3 is 2.69 bits per heavy atom. The molecule has 0 fully saturated rings. The molecular weight excluding hydrogens is 454 g/mol. The monoisotopic (exact) mass is 487 g/mol. The molecule has 0 radical (unpaired) electrons. The number of rotatable bonds is 9. The third kappa shape index (κ3) is 4.16. The Morgan fingerprint density at radius 2 is 1.89 bits per heavy atom. The summed E-state index contributed by atoms with van der Waals surface area (Å²) in [5.41, 5.74) is 2.79. The summed E-state index contributed by atoms with van der Waals surface area (Å²) in [6, 6.07) is 9.98. The van der Waals surface area contributed by atoms with Crippen LogP contribution in [0.2, 0.25) is 0 Å². The molecule has 2 atom stereocenters. The highest BCUT2D eigenvalue weighted by Crippen LogP contribution is 2.47. The van der Waals surface area contributed by atoms with Crippen LogP contribution in [0, 0.1) is 5.92 Å². The predicted molar refractivity (Wildman–Crippen MR) is 137 cm³/mol. The van der Waals surface area contributed by atoms with Gasteiger partial charge in [0.2, 0.25) is 5.60 Å². The van der Waals surface area contributed by atoms with Crippen molar-refractivity contribution in [1.82, 2.24) is 4.98 Å². The maximum atomic E-state index is 13.6. The molecule has 36 heavy (non-hydrogen) atoms. The largest absolute Gasteiger partial charge is 0.457 e. The molecule has 2 heterocycles. The summed E-state index contributed by atoms with van der Waals surface area (Å²) in [5, 5.41) is 1.03. The number of carbonyl (C=O) groups is 3. The van der Waals surface area contributed by atoms with Crippen molar-refractivity contribution in [1.29, 1.82) is 0 Å². The van der Waals surface area contributed by atoms with Crippen molar-refractivity contribution < 1.29 is 23.9 Å². The Balaban J connectivity index is 1.45. The van der Waals surface area contributed by atoms with Gasteiger partial charge in [-0.05, 0) is 48.6 Å². The van der Waals surface area contributed by atoms with Gasteiger partial charge in [-0.2, -0.15) is 0 Å². The van der Waals surface area contributed by atoms with Gasteiger partial charge in [0.15, 0.2) is 5.78 Å². The van der Waals surface area contributed by atoms with Gasteiger partial charge in [-0.1, -0.05) is 64.2 Å². The van der Waals surface area contributed by atoms with Gasteiger partial charge in [0, 0.05) is 23.0 Å². The van der Waals surface area contributed by atoms with Crippen molar-refractivity contribution in [2.24, 2.45) is 5.92 Å². The van der Waals surface area contributed by atoms with Crippen LogP contribution in [0.15, 0.2) is 47.6 Å². The van der Waals surface area contributed by atoms with E-state index in [0.29, 0.717) is 17.6 Å². The summed E-state index contributed by atoms with van der Waals surface area (Å²) in [5.74, 6) is -1.45. The van der Waals surface area contributed by atoms with Crippen LogP contribution in [0.1, 0.15) is 76.5 Å². The van der Waals surface area contributed by atoms with E-state index in [4.69, 9.17) is 14.5 Å². The van der Waals surface area contributed by atoms with Crippen LogP contribution in [-0.4, -0.2) is 34.9 Å². The normalized spacial score (nSPS) is 22.6. The van der Waals surface area contributed by atoms with E-state index in [1.54, 1.807) is 6.92 Å². The van der Waals surface area contributed by atoms with Crippen molar-refractivity contribution in [3.8, 4) is 0 Å². The maximum Gasteiger partial charge on any atom is 0.355 e. The molecule has 0 amide bonds. The number of unbranched alkanes of at least 4 members (excludes halogenated alkanes) is 5. The van der Waals surface area contributed by atoms with Crippen LogP contribution >= 0.6 is 0 Å². The van der Waals surface area contributed by atoms with Crippen LogP contribution in [0.25, 0.3) is 16.5 Å². The molecular formula is C30H33NO5. The summed E-state index contributed by atoms with van der Waals surface area (Å²) >= 11 is 0. The molecule has 6 heteroatoms. The second kappa shape index (κ2) is 10.00. The number of esters is 2. The number of aromatic nitrogens is 1. The van der Waals surface area contributed by atoms with Crippen molar-refractivity contribution in [2.75, 3.05) is 6.61 Å². The highest BCUT2D eigenvalue weighted by Gasteiger charge is 2.53. The molecule has 5 rings (SSSR count). The fourth-order valence-corrected chi connectivity index (χ4v) is 5.72. The number of benzene rings is 1. The maximum absolute atomic E-state index is 13.6. The number of para-hydroxylation sites is 1. The Labute approximate surface area is 211 Å². The number of pyridine rings is 1. The zero-order valence-electron chi connectivity index (χ0n) is 21.1. The van der Waals surface area contributed by atoms with E-state index >= 15 is 0 Å². The van der Waals surface area contributed by atoms with Gasteiger partial charge in [0.1, 0.15) is 6.61 Å². The minimum absolute atomic E-state index is 0.0677. The van der Waals surface area contributed by atoms with Gasteiger partial charge in [-0.25, -0.2) is 9.78 Å². The van der Waals surface area contributed by atoms with E-state index in [-0.39, 0.29) is 31.1 Å². The predicted octanol–water partition coefficient (Wildman–Crippen LogP) is 5.67. The van der Waals surface area contributed by atoms with Gasteiger partial charge in [0.05, 0.1) is 17.1 Å². The molecule has 1 aromatic carbocycles. The lowest BCUT2D eigenvalue weighted by Crippen LogP contribution is -2.51. The molecule has 0 saturated heterocycles. The fourth-order valence-electron chi connectivity index (χ4n) is 5.72. The average Bonchev–Trinajstić information content (AvgIpc) is 3.24. The van der Waals surface area contributed by atoms with Crippen LogP contribution in [-0.2, 0) is 30.3 Å². The highest BCUT2D eigenvalue weighted by molar-refractivity contribution is 6.12. The second-order valence-corrected chi connectivity index (χ2v) is 10.1. The van der Waals surface area contributed by atoms with Crippen molar-refractivity contribution in [3.05, 3.63) is 58.8 Å². The molecule has 2 aliphatic carbocycles. The number of allylic oxidation sites excluding steroid dienone is 1. The summed E-state index contributed by atoms with van der Waals surface area (Å²) in [4.78, 5) is 44.5. The zero-order valence-corrected chi connectivity index (χ0v) is 21.1. The van der Waals surface area contributed by atoms with Gasteiger partial charge in [-0.15, -0.1) is 0 Å². The molecule has 188 valence electrons. The van der Waals surface area contributed by atoms with Crippen LogP contribution < -0.4 is 0 Å². The van der Waals surface area contributed by atoms with E-state index in [1.165, 1.54) is 12.8 Å². The number of Topliss-reactive ketones (excluding diaryl/α,β-unsaturated/α-hetero) is 1. The third-order valence-electron chi connectivity index (χ3n) is 7.75. The second-order valence-electron chi connectivity index (χ2n) is 10.1. The van der Waals surface area contributed by atoms with Crippen molar-refractivity contribution in [3.63, 3.8) is 0 Å². The Morgan fingerprint density at radius 1 is 1.11 bits per heavy atom. The fraction of sp³-hybridized carbons (Fsp3) is 0.467. The SMILES string of the molecule is CCCCCCCCC(=O)O[C@]1(CC)C(=O)OCC2=C1C=C1c3nc4ccccc4cc3CC1C2=O. The molecule has 2 aromatic rings. The van der Waals surface area contributed by atoms with Gasteiger partial charge >= 0.3 is 11.9 Å². The minimum Gasteiger partial charge on any atom is -0.457 e. The zero-order chi connectivity index (χ0) is 25.3. The third-order valence-corrected chi connectivity index (χ3v) is 7.75. The molecule has 1 aliphatic heterocycles. The first-order valence-electron chi connectivity index (χ1n) is 13.3. The van der Waals surface area contributed by atoms with Crippen LogP contribution in [0.4, 0.5) is 0 Å². The lowest BCUT2D eigenvalue weighted by molar-refractivity contribution is -0.180. The summed E-state index contributed by atoms with van der Waals surface area (Å²) in [6.45, 7) is 3.87. The molecule has 6 nitrogen and oxygen atoms in total. The first kappa shape index (κ1) is 24.4. The summed E-state index contributed by atoms with van der Waals surface area (Å²) in [7, 11) is 0. The van der Waals surface area contributed by atoms with Crippen molar-refractivity contribution in [2.45, 2.75) is 77.2 Å². The highest BCUT2D eigenvalue weighted by atomic mass is 16.6. The number of fused-ring (bicyclic) bond motifs is 4. The quantitative estimate of drug-likeness (QED) is 0.335. The molecule has 0 N–H and O–H groups in total. The number of nitrogens with zero attached hydrogens (tertiary/aromatic N) is 1. The molecule has 0 spiro atoms. The Bertz CT molecular complexity index is 1290. The summed E-state index contributed by atoms with van der Waals surface area (Å²) in [6.07, 6.45) is 9.18. The number of ketones is 1. The van der Waals surface area contributed by atoms with Gasteiger partial charge < -0.3 is 9.47 Å². The van der Waals surface area contributed by atoms with E-state index in [9.17, 15) is 14.4 Å². The van der Waals surface area contributed by atoms with Crippen LogP contribution in [0.5, 0.6) is 0 Å². The Hall–Kier alpha value is -3.28. The number of carbonyl (C=O) groups excluding carboxylic acids is 3. The molecule has 1 unspecified atom stereocenters. The standard InChI is InChI=1S/C30H33NO5/c1-3-5-6-7-8-9-14-26(32)36-30(4-2)24-17-21-22(28(33)23(24)18-35-29(30)34)16-20-15-19-12-10-11-13-25(19)31-27(20)21/h10-13,15,17,22H,3-9,14,16,18H2,1-2H3/t22?,30-/m0/s1. The minimum atomic E-state index is -1.60. The average molecular weight is 488 g/mol. The van der Waals surface area contributed by atoms with E-state index in [2.05, 4.69) is 13.0 Å². The van der Waals surface area contributed by atoms with Crippen LogP contribution in [0.3, 0.4) is 0 Å². The van der Waals surface area contributed by atoms with Gasteiger partial charge in [0.25, 0.3) is 0 Å². The number of ether oxygens (including phenoxy) is 2. The number of cyclic esters (lactones) is 1. The first-order chi connectivity index (χ1) is 17.5. The topological polar surface area (TPSA) is 82.6 Å². The lowest BCUT2D eigenvalue weighted by Gasteiger charge is -2.38. The van der Waals surface area contributed by atoms with E-state index < -0.39 is 17.5 Å². The lowest BCUT2D eigenvalue weighted by atomic mass is 9.75. The van der Waals surface area contributed by atoms with E-state index in [1.807, 2.05) is 30.3 Å². The van der Waals surface area contributed by atoms with E-state index in [0.717, 1.165) is 53.4 Å². The number of hydrogen-bond acceptors (Lipinski definition) is 6. The summed E-state index contributed by atoms with van der Waals surface area (Å²) < 4.78 is 11.3. The molecule has 0 bridgehead atoms. The molecule has 3 aliphatic rings. The Kier molecular flexibility index (Phi) is 6.78. The van der Waals surface area contributed by atoms with Crippen molar-refractivity contribution >= 4 is 34.2 Å². The number of hydrogen-bond donors (Lipinski definition) is 0. The molecule has 0 saturated carbocycles. The molecule has 1 aromatic heterocycles. The first-order valence-corrected chi connectivity index (χ1v) is 13.3. The van der Waals surface area contributed by atoms with Gasteiger partial charge in [-0.3, -0.25) is 9.59 Å².